The van der Waals surface area contributed by atoms with Gasteiger partial charge in [-0.25, -0.2) is 13.9 Å². The van der Waals surface area contributed by atoms with Gasteiger partial charge < -0.3 is 10.0 Å². The Labute approximate surface area is 220 Å². The second-order valence-electron chi connectivity index (χ2n) is 10.6. The quantitative estimate of drug-likeness (QED) is 0.469. The monoisotopic (exact) mass is 518 g/mol. The molecule has 0 bridgehead atoms. The van der Waals surface area contributed by atoms with Crippen molar-refractivity contribution in [1.29, 1.82) is 0 Å². The Morgan fingerprint density at radius 2 is 1.71 bits per heavy atom. The predicted molar refractivity (Wildman–Crippen MR) is 141 cm³/mol. The van der Waals surface area contributed by atoms with E-state index in [9.17, 15) is 23.9 Å². The highest BCUT2D eigenvalue weighted by atomic mass is 19.1. The van der Waals surface area contributed by atoms with Crippen molar-refractivity contribution in [2.45, 2.75) is 59.0 Å². The van der Waals surface area contributed by atoms with E-state index in [1.165, 1.54) is 34.0 Å². The number of carbonyl (C=O) groups excluding carboxylic acids is 2. The molecule has 0 unspecified atom stereocenters. The number of fused-ring (bicyclic) bond motifs is 1. The minimum atomic E-state index is -1.16. The molecule has 1 aromatic heterocycles. The lowest BCUT2D eigenvalue weighted by Gasteiger charge is -2.32. The summed E-state index contributed by atoms with van der Waals surface area (Å²) < 4.78 is 15.1. The molecule has 1 fully saturated rings. The Balaban J connectivity index is 1.42. The third-order valence-electron chi connectivity index (χ3n) is 7.57. The third-order valence-corrected chi connectivity index (χ3v) is 7.57. The SMILES string of the molecule is CC(C)N(c1nn(-c2ccc(N3Cc4cc(F)ccc4C3=O)cc2)cc1C(=O)O)C(=O)[C@H]1CC[C@H](C)CC1. The number of anilines is 2. The molecule has 1 N–H and O–H groups in total. The van der Waals surface area contributed by atoms with Crippen molar-refractivity contribution < 1.29 is 23.9 Å². The van der Waals surface area contributed by atoms with Crippen LogP contribution in [-0.4, -0.2) is 38.7 Å². The summed E-state index contributed by atoms with van der Waals surface area (Å²) in [5, 5.41) is 14.5. The van der Waals surface area contributed by atoms with E-state index in [1.807, 2.05) is 13.8 Å². The summed E-state index contributed by atoms with van der Waals surface area (Å²) >= 11 is 0. The zero-order chi connectivity index (χ0) is 27.1. The largest absolute Gasteiger partial charge is 0.477 e. The van der Waals surface area contributed by atoms with Crippen molar-refractivity contribution in [2.24, 2.45) is 11.8 Å². The molecule has 3 aromatic rings. The molecule has 8 nitrogen and oxygen atoms in total. The van der Waals surface area contributed by atoms with E-state index in [0.717, 1.165) is 25.7 Å². The molecular weight excluding hydrogens is 487 g/mol. The first-order chi connectivity index (χ1) is 18.1. The van der Waals surface area contributed by atoms with Gasteiger partial charge in [0, 0.05) is 29.4 Å². The average Bonchev–Trinajstić information content (AvgIpc) is 3.46. The fourth-order valence-corrected chi connectivity index (χ4v) is 5.42. The van der Waals surface area contributed by atoms with Crippen LogP contribution in [0.2, 0.25) is 0 Å². The summed E-state index contributed by atoms with van der Waals surface area (Å²) in [6, 6.07) is 10.8. The maximum atomic E-state index is 13.6. The van der Waals surface area contributed by atoms with Crippen LogP contribution in [0.5, 0.6) is 0 Å². The lowest BCUT2D eigenvalue weighted by molar-refractivity contribution is -0.124. The van der Waals surface area contributed by atoms with Gasteiger partial charge in [0.1, 0.15) is 11.4 Å². The van der Waals surface area contributed by atoms with E-state index in [0.29, 0.717) is 28.4 Å². The molecule has 1 saturated carbocycles. The molecular formula is C29H31FN4O4. The number of nitrogens with zero attached hydrogens (tertiary/aromatic N) is 4. The molecule has 1 aliphatic carbocycles. The number of aromatic carboxylic acids is 1. The maximum absolute atomic E-state index is 13.6. The molecule has 5 rings (SSSR count). The topological polar surface area (TPSA) is 95.7 Å². The smallest absolute Gasteiger partial charge is 0.341 e. The summed E-state index contributed by atoms with van der Waals surface area (Å²) in [5.74, 6) is -1.25. The number of amides is 2. The first-order valence-corrected chi connectivity index (χ1v) is 13.0. The molecule has 0 radical (unpaired) electrons. The highest BCUT2D eigenvalue weighted by molar-refractivity contribution is 6.10. The molecule has 2 heterocycles. The van der Waals surface area contributed by atoms with Crippen LogP contribution in [0.1, 0.15) is 72.7 Å². The van der Waals surface area contributed by atoms with Gasteiger partial charge in [0.2, 0.25) is 5.91 Å². The minimum absolute atomic E-state index is 0.0486. The normalized spacial score (nSPS) is 19.1. The highest BCUT2D eigenvalue weighted by Gasteiger charge is 2.34. The van der Waals surface area contributed by atoms with Crippen molar-refractivity contribution in [3.63, 3.8) is 0 Å². The van der Waals surface area contributed by atoms with Crippen LogP contribution in [0.15, 0.2) is 48.7 Å². The fraction of sp³-hybridized carbons (Fsp3) is 0.379. The summed E-state index contributed by atoms with van der Waals surface area (Å²) in [5.41, 5.74) is 2.27. The van der Waals surface area contributed by atoms with Crippen LogP contribution >= 0.6 is 0 Å². The first kappa shape index (κ1) is 25.6. The van der Waals surface area contributed by atoms with Gasteiger partial charge in [-0.15, -0.1) is 5.10 Å². The summed E-state index contributed by atoms with van der Waals surface area (Å²) in [7, 11) is 0. The molecule has 0 saturated heterocycles. The summed E-state index contributed by atoms with van der Waals surface area (Å²) in [4.78, 5) is 41.6. The summed E-state index contributed by atoms with van der Waals surface area (Å²) in [6.07, 6.45) is 4.96. The van der Waals surface area contributed by atoms with Gasteiger partial charge in [-0.3, -0.25) is 14.5 Å². The Morgan fingerprint density at radius 3 is 2.34 bits per heavy atom. The van der Waals surface area contributed by atoms with Crippen LogP contribution in [0, 0.1) is 17.7 Å². The molecule has 0 atom stereocenters. The molecule has 0 spiro atoms. The number of aromatic nitrogens is 2. The molecule has 2 aromatic carbocycles. The van der Waals surface area contributed by atoms with Crippen molar-refractivity contribution >= 4 is 29.3 Å². The molecule has 2 aliphatic rings. The first-order valence-electron chi connectivity index (χ1n) is 13.0. The zero-order valence-electron chi connectivity index (χ0n) is 21.7. The second kappa shape index (κ2) is 10.0. The Bertz CT molecular complexity index is 1390. The van der Waals surface area contributed by atoms with Gasteiger partial charge in [-0.1, -0.05) is 6.92 Å². The van der Waals surface area contributed by atoms with Gasteiger partial charge in [0.15, 0.2) is 5.82 Å². The number of halogens is 1. The summed E-state index contributed by atoms with van der Waals surface area (Å²) in [6.45, 7) is 6.18. The number of hydrogen-bond donors (Lipinski definition) is 1. The minimum Gasteiger partial charge on any atom is -0.477 e. The molecule has 1 aliphatic heterocycles. The number of carboxylic acids is 1. The fourth-order valence-electron chi connectivity index (χ4n) is 5.42. The number of carboxylic acid groups (broad SMARTS) is 1. The average molecular weight is 519 g/mol. The maximum Gasteiger partial charge on any atom is 0.341 e. The molecule has 198 valence electrons. The van der Waals surface area contributed by atoms with Gasteiger partial charge in [0.05, 0.1) is 12.2 Å². The van der Waals surface area contributed by atoms with Crippen LogP contribution < -0.4 is 9.80 Å². The van der Waals surface area contributed by atoms with Crippen molar-refractivity contribution in [1.82, 2.24) is 9.78 Å². The van der Waals surface area contributed by atoms with Crippen molar-refractivity contribution in [2.75, 3.05) is 9.80 Å². The number of hydrogen-bond acceptors (Lipinski definition) is 4. The van der Waals surface area contributed by atoms with E-state index < -0.39 is 5.97 Å². The van der Waals surface area contributed by atoms with E-state index >= 15 is 0 Å². The molecule has 38 heavy (non-hydrogen) atoms. The van der Waals surface area contributed by atoms with E-state index in [4.69, 9.17) is 0 Å². The lowest BCUT2D eigenvalue weighted by Crippen LogP contribution is -2.43. The number of carbonyl (C=O) groups is 3. The van der Waals surface area contributed by atoms with E-state index in [-0.39, 0.29) is 47.5 Å². The predicted octanol–water partition coefficient (Wildman–Crippen LogP) is 5.44. The van der Waals surface area contributed by atoms with Crippen LogP contribution in [-0.2, 0) is 11.3 Å². The van der Waals surface area contributed by atoms with Crippen molar-refractivity contribution in [3.8, 4) is 5.69 Å². The van der Waals surface area contributed by atoms with Gasteiger partial charge in [0.25, 0.3) is 5.91 Å². The Kier molecular flexibility index (Phi) is 6.77. The Morgan fingerprint density at radius 1 is 1.05 bits per heavy atom. The van der Waals surface area contributed by atoms with Crippen LogP contribution in [0.25, 0.3) is 5.69 Å². The Hall–Kier alpha value is -4.01. The third kappa shape index (κ3) is 4.68. The molecule has 9 heteroatoms. The van der Waals surface area contributed by atoms with Crippen molar-refractivity contribution in [3.05, 3.63) is 71.2 Å². The van der Waals surface area contributed by atoms with Gasteiger partial charge in [-0.05, 0) is 93.5 Å². The van der Waals surface area contributed by atoms with E-state index in [2.05, 4.69) is 12.0 Å². The van der Waals surface area contributed by atoms with Gasteiger partial charge >= 0.3 is 5.97 Å². The zero-order valence-corrected chi connectivity index (χ0v) is 21.7. The highest BCUT2D eigenvalue weighted by Crippen LogP contribution is 2.33. The van der Waals surface area contributed by atoms with Gasteiger partial charge in [-0.2, -0.15) is 0 Å². The van der Waals surface area contributed by atoms with Crippen LogP contribution in [0.3, 0.4) is 0 Å². The molecule has 2 amide bonds. The number of benzene rings is 2. The standard InChI is InChI=1S/C29H31FN4O4/c1-17(2)34(27(35)19-6-4-18(3)5-7-19)26-25(29(37)38)16-33(31-26)23-11-9-22(10-12-23)32-15-20-14-21(30)8-13-24(20)28(32)36/h8-14,16-19H,4-7,15H2,1-3H3,(H,37,38)/t18-,19-. The number of rotatable bonds is 6. The lowest BCUT2D eigenvalue weighted by atomic mass is 9.82. The second-order valence-corrected chi connectivity index (χ2v) is 10.6. The van der Waals surface area contributed by atoms with E-state index in [1.54, 1.807) is 29.2 Å². The van der Waals surface area contributed by atoms with Crippen LogP contribution in [0.4, 0.5) is 15.9 Å².